The second-order valence-electron chi connectivity index (χ2n) is 6.70. The van der Waals surface area contributed by atoms with Crippen LogP contribution in [0.15, 0.2) is 48.5 Å². The largest absolute Gasteiger partial charge is 0.326 e. The average molecular weight is 372 g/mol. The minimum Gasteiger partial charge on any atom is -0.326 e. The average Bonchev–Trinajstić information content (AvgIpc) is 3.03. The molecule has 0 radical (unpaired) electrons. The van der Waals surface area contributed by atoms with Crippen LogP contribution in [-0.2, 0) is 11.2 Å². The smallest absolute Gasteiger partial charge is 0.319 e. The monoisotopic (exact) mass is 371 g/mol. The molecular weight excluding hydrogens is 350 g/mol. The molecule has 0 aromatic heterocycles. The van der Waals surface area contributed by atoms with E-state index in [1.165, 1.54) is 0 Å². The van der Waals surface area contributed by atoms with Crippen LogP contribution in [0.4, 0.5) is 16.2 Å². The number of hydrogen-bond donors (Lipinski definition) is 2. The SMILES string of the molecule is CC(C)[C@H](NC(=O)Nc1cccc(Cl)c1)C(=O)N1CCc2ccccc21. The van der Waals surface area contributed by atoms with E-state index >= 15 is 0 Å². The number of para-hydroxylation sites is 1. The van der Waals surface area contributed by atoms with Crippen molar-refractivity contribution in [1.82, 2.24) is 5.32 Å². The molecule has 0 saturated carbocycles. The Hall–Kier alpha value is -2.53. The van der Waals surface area contributed by atoms with Crippen LogP contribution in [0.2, 0.25) is 5.02 Å². The molecule has 0 bridgehead atoms. The molecule has 6 heteroatoms. The number of carbonyl (C=O) groups is 2. The molecule has 1 heterocycles. The Morgan fingerprint density at radius 2 is 1.88 bits per heavy atom. The third-order valence-corrected chi connectivity index (χ3v) is 4.69. The molecule has 0 unspecified atom stereocenters. The lowest BCUT2D eigenvalue weighted by Gasteiger charge is -2.27. The molecule has 0 saturated heterocycles. The molecule has 5 nitrogen and oxygen atoms in total. The zero-order chi connectivity index (χ0) is 18.7. The van der Waals surface area contributed by atoms with Gasteiger partial charge in [-0.25, -0.2) is 4.79 Å². The lowest BCUT2D eigenvalue weighted by atomic mass is 10.0. The maximum Gasteiger partial charge on any atom is 0.319 e. The number of urea groups is 1. The molecule has 1 aliphatic rings. The van der Waals surface area contributed by atoms with Crippen LogP contribution in [0.5, 0.6) is 0 Å². The van der Waals surface area contributed by atoms with Gasteiger partial charge in [-0.2, -0.15) is 0 Å². The number of amides is 3. The summed E-state index contributed by atoms with van der Waals surface area (Å²) in [5.74, 6) is -0.133. The first-order valence-corrected chi connectivity index (χ1v) is 9.06. The summed E-state index contributed by atoms with van der Waals surface area (Å²) in [6.07, 6.45) is 0.835. The van der Waals surface area contributed by atoms with Gasteiger partial charge in [-0.3, -0.25) is 4.79 Å². The van der Waals surface area contributed by atoms with Crippen LogP contribution in [0.3, 0.4) is 0 Å². The molecular formula is C20H22ClN3O2. The van der Waals surface area contributed by atoms with Crippen molar-refractivity contribution in [2.75, 3.05) is 16.8 Å². The Kier molecular flexibility index (Phi) is 5.47. The second kappa shape index (κ2) is 7.79. The summed E-state index contributed by atoms with van der Waals surface area (Å²) in [6, 6.07) is 13.7. The number of carbonyl (C=O) groups excluding carboxylic acids is 2. The number of fused-ring (bicyclic) bond motifs is 1. The van der Waals surface area contributed by atoms with Crippen LogP contribution in [0.25, 0.3) is 0 Å². The van der Waals surface area contributed by atoms with Crippen LogP contribution in [0.1, 0.15) is 19.4 Å². The number of anilines is 2. The third-order valence-electron chi connectivity index (χ3n) is 4.45. The Labute approximate surface area is 158 Å². The minimum atomic E-state index is -0.611. The van der Waals surface area contributed by atoms with E-state index in [4.69, 9.17) is 11.6 Å². The first-order valence-electron chi connectivity index (χ1n) is 8.68. The number of nitrogens with zero attached hydrogens (tertiary/aromatic N) is 1. The first kappa shape index (κ1) is 18.3. The number of hydrogen-bond acceptors (Lipinski definition) is 2. The van der Waals surface area contributed by atoms with Gasteiger partial charge in [-0.05, 0) is 42.2 Å². The highest BCUT2D eigenvalue weighted by Crippen LogP contribution is 2.28. The number of rotatable bonds is 4. The number of nitrogens with one attached hydrogen (secondary N) is 2. The summed E-state index contributed by atoms with van der Waals surface area (Å²) in [7, 11) is 0. The van der Waals surface area contributed by atoms with Gasteiger partial charge in [0.25, 0.3) is 0 Å². The molecule has 0 aliphatic carbocycles. The molecule has 0 fully saturated rings. The normalized spacial score (nSPS) is 14.1. The Morgan fingerprint density at radius 1 is 1.12 bits per heavy atom. The van der Waals surface area contributed by atoms with E-state index in [0.29, 0.717) is 17.3 Å². The zero-order valence-corrected chi connectivity index (χ0v) is 15.6. The predicted octanol–water partition coefficient (Wildman–Crippen LogP) is 4.08. The van der Waals surface area contributed by atoms with E-state index in [-0.39, 0.29) is 11.8 Å². The third kappa shape index (κ3) is 3.99. The highest BCUT2D eigenvalue weighted by molar-refractivity contribution is 6.30. The summed E-state index contributed by atoms with van der Waals surface area (Å²) in [6.45, 7) is 4.48. The van der Waals surface area contributed by atoms with E-state index in [1.54, 1.807) is 29.2 Å². The highest BCUT2D eigenvalue weighted by atomic mass is 35.5. The summed E-state index contributed by atoms with van der Waals surface area (Å²) < 4.78 is 0. The van der Waals surface area contributed by atoms with Crippen molar-refractivity contribution < 1.29 is 9.59 Å². The molecule has 26 heavy (non-hydrogen) atoms. The molecule has 1 aliphatic heterocycles. The topological polar surface area (TPSA) is 61.4 Å². The fourth-order valence-electron chi connectivity index (χ4n) is 3.12. The molecule has 0 spiro atoms. The molecule has 2 N–H and O–H groups in total. The van der Waals surface area contributed by atoms with E-state index in [9.17, 15) is 9.59 Å². The molecule has 3 amide bonds. The zero-order valence-electron chi connectivity index (χ0n) is 14.8. The van der Waals surface area contributed by atoms with Crippen molar-refractivity contribution in [2.45, 2.75) is 26.3 Å². The second-order valence-corrected chi connectivity index (χ2v) is 7.14. The van der Waals surface area contributed by atoms with Crippen molar-refractivity contribution in [3.8, 4) is 0 Å². The minimum absolute atomic E-state index is 0.0413. The standard InChI is InChI=1S/C20H22ClN3O2/c1-13(2)18(23-20(26)22-16-8-5-7-15(21)12-16)19(25)24-11-10-14-6-3-4-9-17(14)24/h3-9,12-13,18H,10-11H2,1-2H3,(H2,22,23,26)/t18-/m0/s1. The van der Waals surface area contributed by atoms with Gasteiger partial charge in [-0.1, -0.05) is 49.7 Å². The number of halogens is 1. The van der Waals surface area contributed by atoms with Crippen LogP contribution < -0.4 is 15.5 Å². The van der Waals surface area contributed by atoms with Gasteiger partial charge < -0.3 is 15.5 Å². The first-order chi connectivity index (χ1) is 12.5. The van der Waals surface area contributed by atoms with Gasteiger partial charge in [0.15, 0.2) is 0 Å². The highest BCUT2D eigenvalue weighted by Gasteiger charge is 2.32. The summed E-state index contributed by atoms with van der Waals surface area (Å²) in [4.78, 5) is 27.2. The Bertz CT molecular complexity index is 822. The maximum atomic E-state index is 13.1. The van der Waals surface area contributed by atoms with Gasteiger partial charge in [0, 0.05) is 22.9 Å². The van der Waals surface area contributed by atoms with E-state index in [0.717, 1.165) is 17.7 Å². The van der Waals surface area contributed by atoms with Crippen molar-refractivity contribution >= 4 is 34.9 Å². The van der Waals surface area contributed by atoms with E-state index < -0.39 is 12.1 Å². The Balaban J connectivity index is 1.71. The van der Waals surface area contributed by atoms with Gasteiger partial charge in [0.05, 0.1) is 0 Å². The maximum absolute atomic E-state index is 13.1. The molecule has 2 aromatic carbocycles. The van der Waals surface area contributed by atoms with Crippen LogP contribution in [0, 0.1) is 5.92 Å². The predicted molar refractivity (Wildman–Crippen MR) is 105 cm³/mol. The quantitative estimate of drug-likeness (QED) is 0.850. The molecule has 1 atom stereocenters. The fourth-order valence-corrected chi connectivity index (χ4v) is 3.31. The Morgan fingerprint density at radius 3 is 2.62 bits per heavy atom. The van der Waals surface area contributed by atoms with Gasteiger partial charge in [0.2, 0.25) is 5.91 Å². The fraction of sp³-hybridized carbons (Fsp3) is 0.300. The molecule has 2 aromatic rings. The number of benzene rings is 2. The van der Waals surface area contributed by atoms with Crippen molar-refractivity contribution in [1.29, 1.82) is 0 Å². The molecule has 3 rings (SSSR count). The summed E-state index contributed by atoms with van der Waals surface area (Å²) in [5, 5.41) is 6.07. The van der Waals surface area contributed by atoms with Crippen LogP contribution in [-0.4, -0.2) is 24.5 Å². The summed E-state index contributed by atoms with van der Waals surface area (Å²) in [5.41, 5.74) is 2.67. The summed E-state index contributed by atoms with van der Waals surface area (Å²) >= 11 is 5.94. The van der Waals surface area contributed by atoms with E-state index in [2.05, 4.69) is 10.6 Å². The molecule has 136 valence electrons. The lowest BCUT2D eigenvalue weighted by Crippen LogP contribution is -2.52. The van der Waals surface area contributed by atoms with Crippen molar-refractivity contribution in [2.24, 2.45) is 5.92 Å². The van der Waals surface area contributed by atoms with Gasteiger partial charge >= 0.3 is 6.03 Å². The van der Waals surface area contributed by atoms with Gasteiger partial charge in [0.1, 0.15) is 6.04 Å². The van der Waals surface area contributed by atoms with E-state index in [1.807, 2.05) is 38.1 Å². The van der Waals surface area contributed by atoms with Crippen molar-refractivity contribution in [3.05, 3.63) is 59.1 Å². The van der Waals surface area contributed by atoms with Gasteiger partial charge in [-0.15, -0.1) is 0 Å². The van der Waals surface area contributed by atoms with Crippen molar-refractivity contribution in [3.63, 3.8) is 0 Å². The van der Waals surface area contributed by atoms with Crippen LogP contribution >= 0.6 is 11.6 Å². The lowest BCUT2D eigenvalue weighted by molar-refractivity contribution is -0.121.